The molecule has 0 aliphatic carbocycles. The SMILES string of the molecule is c1ccc(N(c2ccccc2)c2ccc3c(c2)N(c2ccccc2)c2cccc4c2B3c2cc3sc5cc6cc(N(c7ccccc7)c7ccccc7)ccc6cc5c3cc2O4)cc1. The molecule has 0 saturated heterocycles. The number of rotatable bonds is 7. The monoisotopic (exact) mass is 835 g/mol. The highest BCUT2D eigenvalue weighted by Crippen LogP contribution is 2.46. The summed E-state index contributed by atoms with van der Waals surface area (Å²) >= 11 is 1.87. The van der Waals surface area contributed by atoms with Crippen molar-refractivity contribution in [2.24, 2.45) is 0 Å². The molecule has 0 atom stereocenters. The van der Waals surface area contributed by atoms with Crippen LogP contribution < -0.4 is 35.8 Å². The van der Waals surface area contributed by atoms with Gasteiger partial charge >= 0.3 is 0 Å². The first-order chi connectivity index (χ1) is 31.7. The van der Waals surface area contributed by atoms with Gasteiger partial charge in [0.15, 0.2) is 0 Å². The van der Waals surface area contributed by atoms with Crippen LogP contribution in [0.25, 0.3) is 30.9 Å². The summed E-state index contributed by atoms with van der Waals surface area (Å²) < 4.78 is 9.52. The normalized spacial score (nSPS) is 12.4. The number of anilines is 9. The molecule has 2 aliphatic heterocycles. The summed E-state index contributed by atoms with van der Waals surface area (Å²) in [6.07, 6.45) is 0. The van der Waals surface area contributed by atoms with Crippen molar-refractivity contribution in [1.29, 1.82) is 0 Å². The molecule has 0 N–H and O–H groups in total. The molecule has 13 rings (SSSR count). The van der Waals surface area contributed by atoms with Crippen LogP contribution in [0, 0.1) is 0 Å². The Bertz CT molecular complexity index is 3470. The van der Waals surface area contributed by atoms with E-state index >= 15 is 0 Å². The highest BCUT2D eigenvalue weighted by molar-refractivity contribution is 7.26. The summed E-state index contributed by atoms with van der Waals surface area (Å²) in [4.78, 5) is 7.10. The van der Waals surface area contributed by atoms with E-state index in [1.54, 1.807) is 0 Å². The third kappa shape index (κ3) is 5.91. The summed E-state index contributed by atoms with van der Waals surface area (Å²) in [5.41, 5.74) is 13.7. The van der Waals surface area contributed by atoms with Crippen LogP contribution in [-0.2, 0) is 0 Å². The fourth-order valence-corrected chi connectivity index (χ4v) is 11.2. The fourth-order valence-electron chi connectivity index (χ4n) is 10.0. The summed E-state index contributed by atoms with van der Waals surface area (Å²) in [5.74, 6) is 1.82. The van der Waals surface area contributed by atoms with Gasteiger partial charge in [-0.3, -0.25) is 0 Å². The number of hydrogen-bond acceptors (Lipinski definition) is 5. The van der Waals surface area contributed by atoms with Crippen LogP contribution in [0.3, 0.4) is 0 Å². The zero-order valence-electron chi connectivity index (χ0n) is 34.7. The van der Waals surface area contributed by atoms with Crippen LogP contribution in [0.4, 0.5) is 51.2 Å². The Morgan fingerprint density at radius 3 is 1.55 bits per heavy atom. The number of para-hydroxylation sites is 5. The summed E-state index contributed by atoms with van der Waals surface area (Å²) in [5, 5.41) is 4.89. The Hall–Kier alpha value is -8.06. The lowest BCUT2D eigenvalue weighted by Crippen LogP contribution is -2.59. The van der Waals surface area contributed by atoms with Gasteiger partial charge in [0.2, 0.25) is 0 Å². The molecule has 0 radical (unpaired) electrons. The van der Waals surface area contributed by atoms with Crippen molar-refractivity contribution in [2.75, 3.05) is 14.7 Å². The second-order valence-electron chi connectivity index (χ2n) is 16.5. The minimum absolute atomic E-state index is 0.0286. The molecule has 4 nitrogen and oxygen atoms in total. The van der Waals surface area contributed by atoms with Crippen LogP contribution in [-0.4, -0.2) is 6.71 Å². The van der Waals surface area contributed by atoms with E-state index in [0.717, 1.165) is 62.7 Å². The Balaban J connectivity index is 0.975. The van der Waals surface area contributed by atoms with E-state index in [0.29, 0.717) is 0 Å². The van der Waals surface area contributed by atoms with Crippen molar-refractivity contribution in [1.82, 2.24) is 0 Å². The molecule has 6 heteroatoms. The summed E-state index contributed by atoms with van der Waals surface area (Å²) in [6, 6.07) is 83.1. The molecule has 0 unspecified atom stereocenters. The first-order valence-corrected chi connectivity index (χ1v) is 22.6. The van der Waals surface area contributed by atoms with Crippen molar-refractivity contribution in [2.45, 2.75) is 0 Å². The number of nitrogens with zero attached hydrogens (tertiary/aromatic N) is 3. The van der Waals surface area contributed by atoms with Crippen LogP contribution >= 0.6 is 11.3 Å². The number of thiophene rings is 1. The van der Waals surface area contributed by atoms with Crippen molar-refractivity contribution in [3.63, 3.8) is 0 Å². The van der Waals surface area contributed by atoms with Gasteiger partial charge in [0.25, 0.3) is 6.71 Å². The summed E-state index contributed by atoms with van der Waals surface area (Å²) in [6.45, 7) is -0.0286. The van der Waals surface area contributed by atoms with E-state index in [4.69, 9.17) is 4.74 Å². The van der Waals surface area contributed by atoms with Gasteiger partial charge in [-0.2, -0.15) is 0 Å². The Labute approximate surface area is 376 Å². The van der Waals surface area contributed by atoms with E-state index < -0.39 is 0 Å². The molecule has 0 fully saturated rings. The molecular formula is C58H38BN3OS. The van der Waals surface area contributed by atoms with Crippen LogP contribution in [0.2, 0.25) is 0 Å². The Morgan fingerprint density at radius 1 is 0.375 bits per heavy atom. The Kier molecular flexibility index (Phi) is 8.46. The standard InChI is InChI=1S/C58H38BN3OS/c1-6-17-41(18-7-1)60(42-19-8-2-9-20-42)46-30-29-39-34-48-49-37-55-51(38-57(49)64-56(48)35-40(39)33-46)59-50-32-31-47(61(43-21-10-3-11-22-43)44-23-12-4-13-24-44)36-53(50)62(45-25-14-5-15-26-45)52-27-16-28-54(63-55)58(52)59/h1-38H. The number of fused-ring (bicyclic) bond motifs is 8. The highest BCUT2D eigenvalue weighted by Gasteiger charge is 2.42. The van der Waals surface area contributed by atoms with Gasteiger partial charge in [-0.15, -0.1) is 11.3 Å². The first kappa shape index (κ1) is 36.6. The van der Waals surface area contributed by atoms with Crippen molar-refractivity contribution in [3.8, 4) is 11.5 Å². The minimum Gasteiger partial charge on any atom is -0.458 e. The first-order valence-electron chi connectivity index (χ1n) is 21.8. The smallest absolute Gasteiger partial charge is 0.256 e. The largest absolute Gasteiger partial charge is 0.458 e. The van der Waals surface area contributed by atoms with Gasteiger partial charge in [-0.1, -0.05) is 109 Å². The quantitative estimate of drug-likeness (QED) is 0.149. The molecule has 10 aromatic carbocycles. The van der Waals surface area contributed by atoms with E-state index in [9.17, 15) is 0 Å². The minimum atomic E-state index is -0.0286. The fraction of sp³-hybridized carbons (Fsp3) is 0. The molecule has 2 aliphatic rings. The van der Waals surface area contributed by atoms with E-state index in [1.807, 2.05) is 11.3 Å². The molecule has 64 heavy (non-hydrogen) atoms. The van der Waals surface area contributed by atoms with Gasteiger partial charge in [-0.05, 0) is 148 Å². The zero-order chi connectivity index (χ0) is 42.1. The molecular weight excluding hydrogens is 798 g/mol. The van der Waals surface area contributed by atoms with E-state index in [-0.39, 0.29) is 6.71 Å². The van der Waals surface area contributed by atoms with Crippen LogP contribution in [0.15, 0.2) is 231 Å². The molecule has 0 spiro atoms. The third-order valence-electron chi connectivity index (χ3n) is 12.8. The Morgan fingerprint density at radius 2 is 0.922 bits per heavy atom. The van der Waals surface area contributed by atoms with Crippen molar-refractivity contribution in [3.05, 3.63) is 231 Å². The lowest BCUT2D eigenvalue weighted by molar-refractivity contribution is 0.488. The lowest BCUT2D eigenvalue weighted by atomic mass is 9.34. The molecule has 300 valence electrons. The maximum Gasteiger partial charge on any atom is 0.256 e. The predicted octanol–water partition coefficient (Wildman–Crippen LogP) is 14.6. The summed E-state index contributed by atoms with van der Waals surface area (Å²) in [7, 11) is 0. The topological polar surface area (TPSA) is 19.0 Å². The molecule has 0 amide bonds. The maximum absolute atomic E-state index is 7.01. The number of hydrogen-bond donors (Lipinski definition) is 0. The third-order valence-corrected chi connectivity index (χ3v) is 13.9. The van der Waals surface area contributed by atoms with Crippen molar-refractivity contribution < 1.29 is 4.74 Å². The average molecular weight is 836 g/mol. The molecule has 3 heterocycles. The van der Waals surface area contributed by atoms with Crippen LogP contribution in [0.1, 0.15) is 0 Å². The van der Waals surface area contributed by atoms with Gasteiger partial charge in [0, 0.05) is 71.4 Å². The molecule has 0 saturated carbocycles. The molecule has 0 bridgehead atoms. The van der Waals surface area contributed by atoms with Gasteiger partial charge in [0.05, 0.1) is 0 Å². The van der Waals surface area contributed by atoms with Crippen LogP contribution in [0.5, 0.6) is 11.5 Å². The second-order valence-corrected chi connectivity index (χ2v) is 17.6. The maximum atomic E-state index is 7.01. The van der Waals surface area contributed by atoms with E-state index in [1.165, 1.54) is 47.3 Å². The molecule has 1 aromatic heterocycles. The second kappa shape index (κ2) is 14.8. The highest BCUT2D eigenvalue weighted by atomic mass is 32.1. The zero-order valence-corrected chi connectivity index (χ0v) is 35.5. The lowest BCUT2D eigenvalue weighted by Gasteiger charge is -2.40. The van der Waals surface area contributed by atoms with Crippen molar-refractivity contribution >= 4 is 117 Å². The predicted molar refractivity (Wildman–Crippen MR) is 272 cm³/mol. The van der Waals surface area contributed by atoms with Gasteiger partial charge in [0.1, 0.15) is 11.5 Å². The number of benzene rings is 10. The van der Waals surface area contributed by atoms with Gasteiger partial charge < -0.3 is 19.4 Å². The van der Waals surface area contributed by atoms with Gasteiger partial charge in [-0.25, -0.2) is 0 Å². The van der Waals surface area contributed by atoms with E-state index in [2.05, 4.69) is 245 Å². The average Bonchev–Trinajstić information content (AvgIpc) is 3.70. The number of ether oxygens (including phenoxy) is 1. The molecule has 11 aromatic rings.